The van der Waals surface area contributed by atoms with Crippen LogP contribution in [0.4, 0.5) is 0 Å². The molecule has 10 heavy (non-hydrogen) atoms. The van der Waals surface area contributed by atoms with Crippen LogP contribution >= 0.6 is 0 Å². The fourth-order valence-corrected chi connectivity index (χ4v) is 0. The van der Waals surface area contributed by atoms with E-state index in [4.69, 9.17) is 15.0 Å². The van der Waals surface area contributed by atoms with Gasteiger partial charge in [0.1, 0.15) is 5.78 Å². The number of ketones is 1. The molecule has 0 aromatic heterocycles. The minimum Gasteiger partial charge on any atom is -0.483 e. The van der Waals surface area contributed by atoms with E-state index in [0.717, 1.165) is 0 Å². The molecule has 0 aromatic carbocycles. The van der Waals surface area contributed by atoms with Gasteiger partial charge < -0.3 is 15.0 Å². The van der Waals surface area contributed by atoms with Crippen LogP contribution in [0.1, 0.15) is 20.8 Å². The maximum atomic E-state index is 9.44. The topological polar surface area (TPSA) is 74.6 Å². The zero-order chi connectivity index (χ0) is 8.99. The molecule has 0 rings (SSSR count). The van der Waals surface area contributed by atoms with Crippen molar-refractivity contribution in [2.24, 2.45) is 0 Å². The molecule has 0 aliphatic rings. The third-order valence-corrected chi connectivity index (χ3v) is 0. The highest BCUT2D eigenvalue weighted by molar-refractivity contribution is 5.72. The van der Waals surface area contributed by atoms with Gasteiger partial charge in [-0.15, -0.1) is 0 Å². The molecule has 0 aromatic rings. The van der Waals surface area contributed by atoms with E-state index in [-0.39, 0.29) is 18.9 Å². The average Bonchev–Trinajstić information content (AvgIpc) is 1.65. The van der Waals surface area contributed by atoms with Crippen molar-refractivity contribution in [1.82, 2.24) is 0 Å². The van der Waals surface area contributed by atoms with E-state index >= 15 is 0 Å². The normalized spacial score (nSPS) is 5.60. The molecule has 0 amide bonds. The predicted octanol–water partition coefficient (Wildman–Crippen LogP) is 0.295. The minimum atomic E-state index is -0.250. The van der Waals surface area contributed by atoms with Crippen molar-refractivity contribution in [2.45, 2.75) is 20.8 Å². The van der Waals surface area contributed by atoms with Crippen LogP contribution in [-0.4, -0.2) is 29.1 Å². The standard InChI is InChI=1S/C3H6O.C2H6O.CH2O2/c1-3(2)4;1-2-3;2-1-3/h1-2H3;3H,2H2,1H3;1H,(H,2,3). The lowest BCUT2D eigenvalue weighted by atomic mass is 10.6. The van der Waals surface area contributed by atoms with Gasteiger partial charge in [0.2, 0.25) is 0 Å². The Balaban J connectivity index is -0.0000000750. The first kappa shape index (κ1) is 16.0. The summed E-state index contributed by atoms with van der Waals surface area (Å²) < 4.78 is 0. The van der Waals surface area contributed by atoms with E-state index in [1.807, 2.05) is 0 Å². The van der Waals surface area contributed by atoms with Gasteiger partial charge in [-0.05, 0) is 20.8 Å². The second-order valence-electron chi connectivity index (χ2n) is 1.33. The Kier molecular flexibility index (Phi) is 39.0. The molecule has 0 heterocycles. The molecule has 62 valence electrons. The van der Waals surface area contributed by atoms with E-state index in [1.165, 1.54) is 13.8 Å². The summed E-state index contributed by atoms with van der Waals surface area (Å²) in [4.78, 5) is 17.8. The summed E-state index contributed by atoms with van der Waals surface area (Å²) in [6.45, 7) is 4.74. The summed E-state index contributed by atoms with van der Waals surface area (Å²) in [7, 11) is 0. The Labute approximate surface area is 60.5 Å². The van der Waals surface area contributed by atoms with E-state index in [1.54, 1.807) is 6.92 Å². The number of aliphatic hydroxyl groups excluding tert-OH is 1. The molecule has 2 N–H and O–H groups in total. The summed E-state index contributed by atoms with van der Waals surface area (Å²) in [5.74, 6) is 0.167. The highest BCUT2D eigenvalue weighted by Gasteiger charge is 1.62. The molecule has 4 nitrogen and oxygen atoms in total. The number of hydrogen-bond acceptors (Lipinski definition) is 3. The summed E-state index contributed by atoms with van der Waals surface area (Å²) in [6, 6.07) is 0. The van der Waals surface area contributed by atoms with Gasteiger partial charge in [0, 0.05) is 6.61 Å². The minimum absolute atomic E-state index is 0.167. The van der Waals surface area contributed by atoms with Crippen molar-refractivity contribution in [3.8, 4) is 0 Å². The lowest BCUT2D eigenvalue weighted by molar-refractivity contribution is -0.123. The summed E-state index contributed by atoms with van der Waals surface area (Å²) >= 11 is 0. The molecule has 0 saturated carbocycles. The van der Waals surface area contributed by atoms with E-state index in [9.17, 15) is 4.79 Å². The summed E-state index contributed by atoms with van der Waals surface area (Å²) in [6.07, 6.45) is 0. The molecule has 0 bridgehead atoms. The smallest absolute Gasteiger partial charge is 0.290 e. The van der Waals surface area contributed by atoms with Crippen molar-refractivity contribution in [2.75, 3.05) is 6.61 Å². The number of carboxylic acid groups (broad SMARTS) is 1. The molecule has 0 fully saturated rings. The fourth-order valence-electron chi connectivity index (χ4n) is 0. The summed E-state index contributed by atoms with van der Waals surface area (Å²) in [5.41, 5.74) is 0. The second kappa shape index (κ2) is 24.3. The zero-order valence-electron chi connectivity index (χ0n) is 6.50. The van der Waals surface area contributed by atoms with Gasteiger partial charge in [0.15, 0.2) is 0 Å². The molecule has 0 unspecified atom stereocenters. The first-order chi connectivity index (χ1) is 4.56. The van der Waals surface area contributed by atoms with Gasteiger partial charge in [0.05, 0.1) is 0 Å². The van der Waals surface area contributed by atoms with Crippen LogP contribution in [0.5, 0.6) is 0 Å². The quantitative estimate of drug-likeness (QED) is 0.487. The largest absolute Gasteiger partial charge is 0.483 e. The van der Waals surface area contributed by atoms with Crippen molar-refractivity contribution >= 4 is 12.3 Å². The SMILES string of the molecule is CC(C)=O.CCO.O=CO. The second-order valence-corrected chi connectivity index (χ2v) is 1.33. The van der Waals surface area contributed by atoms with E-state index < -0.39 is 0 Å². The van der Waals surface area contributed by atoms with Gasteiger partial charge in [0.25, 0.3) is 6.47 Å². The molecular formula is C6H14O4. The van der Waals surface area contributed by atoms with Crippen molar-refractivity contribution in [3.63, 3.8) is 0 Å². The number of carbonyl (C=O) groups excluding carboxylic acids is 1. The predicted molar refractivity (Wildman–Crippen MR) is 37.8 cm³/mol. The molecule has 0 saturated heterocycles. The highest BCUT2D eigenvalue weighted by atomic mass is 16.3. The van der Waals surface area contributed by atoms with Crippen LogP contribution in [0, 0.1) is 0 Å². The van der Waals surface area contributed by atoms with Crippen LogP contribution < -0.4 is 0 Å². The van der Waals surface area contributed by atoms with Gasteiger partial charge in [-0.3, -0.25) is 4.79 Å². The molecule has 0 aliphatic heterocycles. The van der Waals surface area contributed by atoms with E-state index in [0.29, 0.717) is 0 Å². The number of rotatable bonds is 0. The molecule has 0 spiro atoms. The number of hydrogen-bond donors (Lipinski definition) is 2. The zero-order valence-corrected chi connectivity index (χ0v) is 6.50. The first-order valence-electron chi connectivity index (χ1n) is 2.72. The van der Waals surface area contributed by atoms with Crippen LogP contribution in [0.3, 0.4) is 0 Å². The van der Waals surface area contributed by atoms with Crippen LogP contribution in [0.15, 0.2) is 0 Å². The molecule has 0 aliphatic carbocycles. The molecule has 0 radical (unpaired) electrons. The number of aliphatic hydroxyl groups is 1. The van der Waals surface area contributed by atoms with Crippen molar-refractivity contribution in [3.05, 3.63) is 0 Å². The number of carbonyl (C=O) groups is 2. The monoisotopic (exact) mass is 150 g/mol. The third-order valence-electron chi connectivity index (χ3n) is 0. The fraction of sp³-hybridized carbons (Fsp3) is 0.667. The maximum absolute atomic E-state index is 9.44. The summed E-state index contributed by atoms with van der Waals surface area (Å²) in [5, 5.41) is 14.5. The Morgan fingerprint density at radius 1 is 1.50 bits per heavy atom. The van der Waals surface area contributed by atoms with Crippen LogP contribution in [0.2, 0.25) is 0 Å². The molecule has 0 atom stereocenters. The first-order valence-corrected chi connectivity index (χ1v) is 2.72. The lowest BCUT2D eigenvalue weighted by Gasteiger charge is -1.56. The molecular weight excluding hydrogens is 136 g/mol. The van der Waals surface area contributed by atoms with E-state index in [2.05, 4.69) is 0 Å². The molecule has 4 heteroatoms. The Morgan fingerprint density at radius 2 is 1.50 bits per heavy atom. The lowest BCUT2D eigenvalue weighted by Crippen LogP contribution is -1.69. The van der Waals surface area contributed by atoms with Gasteiger partial charge >= 0.3 is 0 Å². The Hall–Kier alpha value is -0.900. The third kappa shape index (κ3) is 326. The number of Topliss-reactive ketones (excluding diaryl/α,β-unsaturated/α-hetero) is 1. The Bertz CT molecular complexity index is 66.1. The van der Waals surface area contributed by atoms with Crippen molar-refractivity contribution < 1.29 is 19.8 Å². The highest BCUT2D eigenvalue weighted by Crippen LogP contribution is 1.50. The van der Waals surface area contributed by atoms with Gasteiger partial charge in [-0.25, -0.2) is 0 Å². The Morgan fingerprint density at radius 3 is 1.50 bits per heavy atom. The van der Waals surface area contributed by atoms with Gasteiger partial charge in [-0.1, -0.05) is 0 Å². The average molecular weight is 150 g/mol. The van der Waals surface area contributed by atoms with Gasteiger partial charge in [-0.2, -0.15) is 0 Å². The van der Waals surface area contributed by atoms with Crippen molar-refractivity contribution in [1.29, 1.82) is 0 Å². The maximum Gasteiger partial charge on any atom is 0.290 e. The van der Waals surface area contributed by atoms with Crippen LogP contribution in [-0.2, 0) is 9.59 Å². The van der Waals surface area contributed by atoms with Crippen LogP contribution in [0.25, 0.3) is 0 Å².